The number of piperidine rings is 1. The van der Waals surface area contributed by atoms with E-state index in [1.807, 2.05) is 0 Å². The van der Waals surface area contributed by atoms with Crippen molar-refractivity contribution < 1.29 is 9.18 Å². The highest BCUT2D eigenvalue weighted by Crippen LogP contribution is 2.33. The van der Waals surface area contributed by atoms with Crippen LogP contribution in [0.4, 0.5) is 4.39 Å². The number of nitrogens with zero attached hydrogens (tertiary/aromatic N) is 1. The standard InChI is InChI=1S/C14H17ClFNO/c1-14(2)9-17(7-6-12(14)15)13(18)10-4-3-5-11(16)8-10/h3-5,8,12H,6-7,9H2,1-2H3. The third kappa shape index (κ3) is 2.66. The molecule has 1 aromatic rings. The van der Waals surface area contributed by atoms with Crippen LogP contribution in [0.5, 0.6) is 0 Å². The monoisotopic (exact) mass is 269 g/mol. The van der Waals surface area contributed by atoms with Crippen LogP contribution in [0.15, 0.2) is 24.3 Å². The predicted octanol–water partition coefficient (Wildman–Crippen LogP) is 3.31. The summed E-state index contributed by atoms with van der Waals surface area (Å²) >= 11 is 6.25. The van der Waals surface area contributed by atoms with Gasteiger partial charge in [-0.25, -0.2) is 4.39 Å². The summed E-state index contributed by atoms with van der Waals surface area (Å²) in [6, 6.07) is 5.82. The topological polar surface area (TPSA) is 20.3 Å². The first-order chi connectivity index (χ1) is 8.40. The highest BCUT2D eigenvalue weighted by molar-refractivity contribution is 6.21. The van der Waals surface area contributed by atoms with Gasteiger partial charge in [0, 0.05) is 24.0 Å². The molecule has 0 spiro atoms. The second-order valence-electron chi connectivity index (χ2n) is 5.48. The molecular formula is C14H17ClFNO. The molecule has 0 aliphatic carbocycles. The van der Waals surface area contributed by atoms with Crippen LogP contribution in [-0.4, -0.2) is 29.3 Å². The lowest BCUT2D eigenvalue weighted by Crippen LogP contribution is -2.48. The van der Waals surface area contributed by atoms with Gasteiger partial charge in [-0.3, -0.25) is 4.79 Å². The molecule has 1 atom stereocenters. The van der Waals surface area contributed by atoms with E-state index in [1.54, 1.807) is 17.0 Å². The largest absolute Gasteiger partial charge is 0.338 e. The number of amides is 1. The maximum atomic E-state index is 13.1. The molecule has 98 valence electrons. The molecule has 1 saturated heterocycles. The van der Waals surface area contributed by atoms with E-state index in [1.165, 1.54) is 12.1 Å². The second-order valence-corrected chi connectivity index (χ2v) is 6.01. The van der Waals surface area contributed by atoms with Gasteiger partial charge in [0.25, 0.3) is 5.91 Å². The summed E-state index contributed by atoms with van der Waals surface area (Å²) in [5.74, 6) is -0.501. The summed E-state index contributed by atoms with van der Waals surface area (Å²) in [5, 5.41) is 0.0778. The molecule has 1 fully saturated rings. The van der Waals surface area contributed by atoms with Crippen molar-refractivity contribution in [3.05, 3.63) is 35.6 Å². The van der Waals surface area contributed by atoms with E-state index in [-0.39, 0.29) is 22.5 Å². The van der Waals surface area contributed by atoms with Crippen LogP contribution in [0.1, 0.15) is 30.6 Å². The zero-order valence-electron chi connectivity index (χ0n) is 10.6. The van der Waals surface area contributed by atoms with Crippen molar-refractivity contribution in [1.29, 1.82) is 0 Å². The number of rotatable bonds is 1. The van der Waals surface area contributed by atoms with Crippen molar-refractivity contribution in [2.75, 3.05) is 13.1 Å². The SMILES string of the molecule is CC1(C)CN(C(=O)c2cccc(F)c2)CCC1Cl. The first-order valence-corrected chi connectivity index (χ1v) is 6.53. The zero-order valence-corrected chi connectivity index (χ0v) is 11.4. The van der Waals surface area contributed by atoms with Crippen LogP contribution in [0.2, 0.25) is 0 Å². The van der Waals surface area contributed by atoms with Crippen molar-refractivity contribution in [3.63, 3.8) is 0 Å². The molecule has 0 N–H and O–H groups in total. The van der Waals surface area contributed by atoms with Crippen molar-refractivity contribution in [3.8, 4) is 0 Å². The molecule has 1 aromatic carbocycles. The Hall–Kier alpha value is -1.09. The number of carbonyl (C=O) groups excluding carboxylic acids is 1. The summed E-state index contributed by atoms with van der Waals surface area (Å²) in [6.45, 7) is 5.34. The van der Waals surface area contributed by atoms with E-state index in [0.717, 1.165) is 6.42 Å². The number of hydrogen-bond donors (Lipinski definition) is 0. The van der Waals surface area contributed by atoms with E-state index >= 15 is 0 Å². The summed E-state index contributed by atoms with van der Waals surface area (Å²) < 4.78 is 13.1. The fourth-order valence-corrected chi connectivity index (χ4v) is 2.47. The number of halogens is 2. The fourth-order valence-electron chi connectivity index (χ4n) is 2.31. The van der Waals surface area contributed by atoms with Crippen LogP contribution >= 0.6 is 11.6 Å². The number of carbonyl (C=O) groups is 1. The van der Waals surface area contributed by atoms with Crippen LogP contribution < -0.4 is 0 Å². The first-order valence-electron chi connectivity index (χ1n) is 6.09. The third-order valence-electron chi connectivity index (χ3n) is 3.46. The van der Waals surface area contributed by atoms with Gasteiger partial charge in [0.2, 0.25) is 0 Å². The van der Waals surface area contributed by atoms with Crippen LogP contribution in [0, 0.1) is 11.2 Å². The Morgan fingerprint density at radius 3 is 2.83 bits per heavy atom. The maximum absolute atomic E-state index is 13.1. The van der Waals surface area contributed by atoms with E-state index < -0.39 is 0 Å². The fraction of sp³-hybridized carbons (Fsp3) is 0.500. The molecule has 0 aromatic heterocycles. The van der Waals surface area contributed by atoms with E-state index in [4.69, 9.17) is 11.6 Å². The van der Waals surface area contributed by atoms with E-state index in [0.29, 0.717) is 18.7 Å². The summed E-state index contributed by atoms with van der Waals surface area (Å²) in [5.41, 5.74) is 0.293. The zero-order chi connectivity index (χ0) is 13.3. The number of benzene rings is 1. The Balaban J connectivity index is 2.15. The van der Waals surface area contributed by atoms with Crippen molar-refractivity contribution in [2.24, 2.45) is 5.41 Å². The van der Waals surface area contributed by atoms with Gasteiger partial charge in [-0.2, -0.15) is 0 Å². The van der Waals surface area contributed by atoms with Gasteiger partial charge in [0.05, 0.1) is 0 Å². The van der Waals surface area contributed by atoms with E-state index in [9.17, 15) is 9.18 Å². The molecule has 2 nitrogen and oxygen atoms in total. The average Bonchev–Trinajstić information content (AvgIpc) is 2.31. The van der Waals surface area contributed by atoms with Gasteiger partial charge in [-0.1, -0.05) is 19.9 Å². The lowest BCUT2D eigenvalue weighted by atomic mass is 9.83. The van der Waals surface area contributed by atoms with Crippen LogP contribution in [0.3, 0.4) is 0 Å². The maximum Gasteiger partial charge on any atom is 0.253 e. The van der Waals surface area contributed by atoms with Crippen LogP contribution in [-0.2, 0) is 0 Å². The van der Waals surface area contributed by atoms with Gasteiger partial charge < -0.3 is 4.90 Å². The number of hydrogen-bond acceptors (Lipinski definition) is 1. The molecule has 1 aliphatic rings. The van der Waals surface area contributed by atoms with Gasteiger partial charge >= 0.3 is 0 Å². The van der Waals surface area contributed by atoms with Gasteiger partial charge in [0.1, 0.15) is 5.82 Å². The molecule has 0 saturated carbocycles. The molecule has 18 heavy (non-hydrogen) atoms. The molecule has 1 unspecified atom stereocenters. The first kappa shape index (κ1) is 13.3. The minimum atomic E-state index is -0.382. The van der Waals surface area contributed by atoms with E-state index in [2.05, 4.69) is 13.8 Å². The molecule has 1 heterocycles. The second kappa shape index (κ2) is 4.88. The summed E-state index contributed by atoms with van der Waals surface area (Å²) in [4.78, 5) is 14.0. The normalized spacial score (nSPS) is 22.9. The highest BCUT2D eigenvalue weighted by Gasteiger charge is 2.36. The molecule has 4 heteroatoms. The molecule has 1 aliphatic heterocycles. The molecule has 2 rings (SSSR count). The Labute approximate surface area is 112 Å². The Morgan fingerprint density at radius 2 is 2.22 bits per heavy atom. The average molecular weight is 270 g/mol. The Bertz CT molecular complexity index is 461. The third-order valence-corrected chi connectivity index (χ3v) is 4.27. The van der Waals surface area contributed by atoms with Crippen molar-refractivity contribution >= 4 is 17.5 Å². The minimum absolute atomic E-state index is 0.0778. The van der Waals surface area contributed by atoms with Crippen LogP contribution in [0.25, 0.3) is 0 Å². The lowest BCUT2D eigenvalue weighted by Gasteiger charge is -2.41. The van der Waals surface area contributed by atoms with Crippen molar-refractivity contribution in [2.45, 2.75) is 25.6 Å². The van der Waals surface area contributed by atoms with Gasteiger partial charge in [-0.05, 0) is 30.0 Å². The smallest absolute Gasteiger partial charge is 0.253 e. The van der Waals surface area contributed by atoms with Gasteiger partial charge in [0.15, 0.2) is 0 Å². The summed E-state index contributed by atoms with van der Waals surface area (Å²) in [7, 11) is 0. The molecule has 0 radical (unpaired) electrons. The molecule has 1 amide bonds. The Morgan fingerprint density at radius 1 is 1.50 bits per heavy atom. The molecular weight excluding hydrogens is 253 g/mol. The quantitative estimate of drug-likeness (QED) is 0.717. The predicted molar refractivity (Wildman–Crippen MR) is 70.3 cm³/mol. The lowest BCUT2D eigenvalue weighted by molar-refractivity contribution is 0.0592. The molecule has 0 bridgehead atoms. The minimum Gasteiger partial charge on any atom is -0.338 e. The van der Waals surface area contributed by atoms with Crippen molar-refractivity contribution in [1.82, 2.24) is 4.90 Å². The Kier molecular flexibility index (Phi) is 3.62. The number of likely N-dealkylation sites (tertiary alicyclic amines) is 1. The highest BCUT2D eigenvalue weighted by atomic mass is 35.5. The summed E-state index contributed by atoms with van der Waals surface area (Å²) in [6.07, 6.45) is 0.773. The van der Waals surface area contributed by atoms with Gasteiger partial charge in [-0.15, -0.1) is 11.6 Å². The number of alkyl halides is 1.